The predicted molar refractivity (Wildman–Crippen MR) is 97.7 cm³/mol. The van der Waals surface area contributed by atoms with E-state index in [0.717, 1.165) is 6.07 Å². The first-order valence-corrected chi connectivity index (χ1v) is 9.52. The summed E-state index contributed by atoms with van der Waals surface area (Å²) in [5.74, 6) is -0.994. The average molecular weight is 402 g/mol. The van der Waals surface area contributed by atoms with Crippen LogP contribution in [-0.2, 0) is 16.6 Å². The van der Waals surface area contributed by atoms with Crippen LogP contribution in [0, 0.1) is 5.82 Å². The number of carbonyl (C=O) groups excluding carboxylic acids is 1. The molecule has 9 heteroatoms. The topological polar surface area (TPSA) is 106 Å². The zero-order valence-corrected chi connectivity index (χ0v) is 15.2. The Kier molecular flexibility index (Phi) is 5.67. The van der Waals surface area contributed by atoms with Crippen LogP contribution in [0.2, 0.25) is 0 Å². The highest BCUT2D eigenvalue weighted by Gasteiger charge is 2.19. The lowest BCUT2D eigenvalue weighted by molar-refractivity contribution is 0.0981. The molecule has 1 aromatic heterocycles. The molecule has 3 rings (SSSR count). The van der Waals surface area contributed by atoms with Crippen LogP contribution in [0.15, 0.2) is 71.8 Å². The molecule has 0 bridgehead atoms. The minimum absolute atomic E-state index is 0.0212. The first-order chi connectivity index (χ1) is 13.4. The van der Waals surface area contributed by atoms with E-state index in [4.69, 9.17) is 9.84 Å². The minimum atomic E-state index is -4.18. The molecule has 0 aliphatic carbocycles. The van der Waals surface area contributed by atoms with Crippen molar-refractivity contribution in [2.24, 2.45) is 0 Å². The molecule has 0 saturated heterocycles. The van der Waals surface area contributed by atoms with Gasteiger partial charge >= 0.3 is 0 Å². The zero-order valence-electron chi connectivity index (χ0n) is 14.4. The van der Waals surface area contributed by atoms with Crippen molar-refractivity contribution in [3.05, 3.63) is 83.9 Å². The Labute approximate surface area is 160 Å². The molecule has 2 N–H and O–H groups in total. The second kappa shape index (κ2) is 8.15. The number of nitrogens with zero attached hydrogens (tertiary/aromatic N) is 1. The highest BCUT2D eigenvalue weighted by Crippen LogP contribution is 2.24. The molecule has 0 radical (unpaired) electrons. The number of sulfonamides is 1. The number of ether oxygens (including phenoxy) is 1. The highest BCUT2D eigenvalue weighted by molar-refractivity contribution is 7.90. The number of carbonyl (C=O) groups is 1. The lowest BCUT2D eigenvalue weighted by atomic mass is 10.2. The molecule has 0 aliphatic heterocycles. The van der Waals surface area contributed by atoms with E-state index in [-0.39, 0.29) is 28.6 Å². The predicted octanol–water partition coefficient (Wildman–Crippen LogP) is 2.62. The molecule has 0 saturated carbocycles. The fourth-order valence-electron chi connectivity index (χ4n) is 2.26. The third-order valence-corrected chi connectivity index (χ3v) is 4.95. The Bertz CT molecular complexity index is 1100. The van der Waals surface area contributed by atoms with Gasteiger partial charge in [0.1, 0.15) is 17.3 Å². The van der Waals surface area contributed by atoms with Gasteiger partial charge in [0.05, 0.1) is 22.8 Å². The molecule has 7 nitrogen and oxygen atoms in total. The second-order valence-corrected chi connectivity index (χ2v) is 7.35. The van der Waals surface area contributed by atoms with Crippen LogP contribution >= 0.6 is 0 Å². The Morgan fingerprint density at radius 1 is 1.07 bits per heavy atom. The van der Waals surface area contributed by atoms with E-state index in [9.17, 15) is 17.6 Å². The number of benzene rings is 2. The molecular weight excluding hydrogens is 387 g/mol. The van der Waals surface area contributed by atoms with E-state index in [2.05, 4.69) is 4.98 Å². The third kappa shape index (κ3) is 4.70. The van der Waals surface area contributed by atoms with Gasteiger partial charge < -0.3 is 9.84 Å². The average Bonchev–Trinajstić information content (AvgIpc) is 2.68. The van der Waals surface area contributed by atoms with Crippen LogP contribution in [0.25, 0.3) is 0 Å². The summed E-state index contributed by atoms with van der Waals surface area (Å²) in [5.41, 5.74) is 0.370. The van der Waals surface area contributed by atoms with Crippen molar-refractivity contribution in [1.82, 2.24) is 9.71 Å². The van der Waals surface area contributed by atoms with Crippen LogP contribution in [-0.4, -0.2) is 24.4 Å². The Morgan fingerprint density at radius 3 is 2.43 bits per heavy atom. The first-order valence-electron chi connectivity index (χ1n) is 8.04. The number of hydrogen-bond acceptors (Lipinski definition) is 6. The summed E-state index contributed by atoms with van der Waals surface area (Å²) >= 11 is 0. The summed E-state index contributed by atoms with van der Waals surface area (Å²) < 4.78 is 45.6. The standard InChI is InChI=1S/C19H15FN2O5S/c20-14-3-1-4-16(9-14)27-17-5-2-6-18(10-17)28(25,26)22-19(24)13-7-8-15(12-23)21-11-13/h1-11,23H,12H2,(H,22,24). The highest BCUT2D eigenvalue weighted by atomic mass is 32.2. The normalized spacial score (nSPS) is 11.1. The van der Waals surface area contributed by atoms with Crippen LogP contribution in [0.5, 0.6) is 11.5 Å². The first kappa shape index (κ1) is 19.5. The maximum atomic E-state index is 13.2. The number of halogens is 1. The fourth-order valence-corrected chi connectivity index (χ4v) is 3.27. The van der Waals surface area contributed by atoms with Crippen molar-refractivity contribution < 1.29 is 27.4 Å². The van der Waals surface area contributed by atoms with E-state index >= 15 is 0 Å². The lowest BCUT2D eigenvalue weighted by Gasteiger charge is -2.10. The van der Waals surface area contributed by atoms with Crippen LogP contribution < -0.4 is 9.46 Å². The Balaban J connectivity index is 1.78. The molecule has 0 atom stereocenters. The Morgan fingerprint density at radius 2 is 1.79 bits per heavy atom. The SMILES string of the molecule is O=C(NS(=O)(=O)c1cccc(Oc2cccc(F)c2)c1)c1ccc(CO)nc1. The smallest absolute Gasteiger partial charge is 0.266 e. The van der Waals surface area contributed by atoms with Crippen LogP contribution in [0.3, 0.4) is 0 Å². The van der Waals surface area contributed by atoms with Gasteiger partial charge in [-0.2, -0.15) is 0 Å². The maximum absolute atomic E-state index is 13.2. The summed E-state index contributed by atoms with van der Waals surface area (Å²) in [5, 5.41) is 8.96. The third-order valence-electron chi connectivity index (χ3n) is 3.62. The second-order valence-electron chi connectivity index (χ2n) is 5.67. The van der Waals surface area contributed by atoms with Gasteiger partial charge in [-0.3, -0.25) is 9.78 Å². The summed E-state index contributed by atoms with van der Waals surface area (Å²) in [6.07, 6.45) is 1.17. The van der Waals surface area contributed by atoms with Crippen LogP contribution in [0.4, 0.5) is 4.39 Å². The number of pyridine rings is 1. The number of hydrogen-bond donors (Lipinski definition) is 2. The zero-order chi connectivity index (χ0) is 20.1. The van der Waals surface area contributed by atoms with Crippen molar-refractivity contribution in [1.29, 1.82) is 0 Å². The van der Waals surface area contributed by atoms with Crippen molar-refractivity contribution in [2.75, 3.05) is 0 Å². The van der Waals surface area contributed by atoms with Crippen LogP contribution in [0.1, 0.15) is 16.1 Å². The number of amides is 1. The molecule has 2 aromatic carbocycles. The molecule has 1 amide bonds. The van der Waals surface area contributed by atoms with Gasteiger partial charge in [-0.25, -0.2) is 17.5 Å². The molecule has 0 unspecified atom stereocenters. The molecule has 0 fully saturated rings. The quantitative estimate of drug-likeness (QED) is 0.657. The number of aromatic nitrogens is 1. The van der Waals surface area contributed by atoms with Gasteiger partial charge in [-0.15, -0.1) is 0 Å². The number of nitrogens with one attached hydrogen (secondary N) is 1. The van der Waals surface area contributed by atoms with Gasteiger partial charge in [0.25, 0.3) is 15.9 Å². The lowest BCUT2D eigenvalue weighted by Crippen LogP contribution is -2.30. The maximum Gasteiger partial charge on any atom is 0.266 e. The van der Waals surface area contributed by atoms with E-state index in [1.54, 1.807) is 0 Å². The minimum Gasteiger partial charge on any atom is -0.457 e. The van der Waals surface area contributed by atoms with Crippen molar-refractivity contribution >= 4 is 15.9 Å². The van der Waals surface area contributed by atoms with E-state index in [1.165, 1.54) is 60.8 Å². The molecule has 144 valence electrons. The van der Waals surface area contributed by atoms with E-state index in [0.29, 0.717) is 5.69 Å². The number of rotatable bonds is 6. The molecule has 0 spiro atoms. The van der Waals surface area contributed by atoms with E-state index in [1.807, 2.05) is 4.72 Å². The van der Waals surface area contributed by atoms with Gasteiger partial charge in [-0.1, -0.05) is 12.1 Å². The van der Waals surface area contributed by atoms with Gasteiger partial charge in [-0.05, 0) is 36.4 Å². The van der Waals surface area contributed by atoms with E-state index < -0.39 is 21.7 Å². The van der Waals surface area contributed by atoms with Crippen molar-refractivity contribution in [3.8, 4) is 11.5 Å². The monoisotopic (exact) mass is 402 g/mol. The molecule has 1 heterocycles. The molecule has 3 aromatic rings. The summed E-state index contributed by atoms with van der Waals surface area (Å²) in [6.45, 7) is -0.293. The van der Waals surface area contributed by atoms with Crippen molar-refractivity contribution in [3.63, 3.8) is 0 Å². The summed E-state index contributed by atoms with van der Waals surface area (Å²) in [7, 11) is -4.18. The number of aliphatic hydroxyl groups excluding tert-OH is 1. The largest absolute Gasteiger partial charge is 0.457 e. The molecule has 28 heavy (non-hydrogen) atoms. The van der Waals surface area contributed by atoms with Crippen molar-refractivity contribution in [2.45, 2.75) is 11.5 Å². The van der Waals surface area contributed by atoms with Gasteiger partial charge in [0, 0.05) is 18.3 Å². The summed E-state index contributed by atoms with van der Waals surface area (Å²) in [4.78, 5) is 15.8. The summed E-state index contributed by atoms with van der Waals surface area (Å²) in [6, 6.07) is 13.6. The van der Waals surface area contributed by atoms with Gasteiger partial charge in [0.15, 0.2) is 0 Å². The Hall–Kier alpha value is -3.30. The number of aliphatic hydroxyl groups is 1. The molecule has 0 aliphatic rings. The molecular formula is C19H15FN2O5S. The fraction of sp³-hybridized carbons (Fsp3) is 0.0526. The van der Waals surface area contributed by atoms with Gasteiger partial charge in [0.2, 0.25) is 0 Å².